The molecule has 0 spiro atoms. The van der Waals surface area contributed by atoms with E-state index in [9.17, 15) is 4.39 Å². The summed E-state index contributed by atoms with van der Waals surface area (Å²) in [5, 5.41) is 0. The second-order valence-electron chi connectivity index (χ2n) is 5.82. The van der Waals surface area contributed by atoms with Gasteiger partial charge in [-0.1, -0.05) is 18.2 Å². The zero-order chi connectivity index (χ0) is 15.4. The molecule has 1 aliphatic rings. The van der Waals surface area contributed by atoms with E-state index in [1.807, 2.05) is 31.6 Å². The third-order valence-electron chi connectivity index (χ3n) is 4.06. The first-order valence-electron chi connectivity index (χ1n) is 7.78. The van der Waals surface area contributed by atoms with Gasteiger partial charge in [0.2, 0.25) is 0 Å². The van der Waals surface area contributed by atoms with E-state index in [1.165, 1.54) is 11.8 Å². The Morgan fingerprint density at radius 1 is 1.32 bits per heavy atom. The van der Waals surface area contributed by atoms with E-state index in [4.69, 9.17) is 4.74 Å². The number of imidazole rings is 1. The summed E-state index contributed by atoms with van der Waals surface area (Å²) in [4.78, 5) is 6.52. The molecule has 1 atom stereocenters. The Labute approximate surface area is 130 Å². The van der Waals surface area contributed by atoms with Crippen LogP contribution >= 0.6 is 0 Å². The van der Waals surface area contributed by atoms with Gasteiger partial charge in [0.05, 0.1) is 18.6 Å². The molecule has 0 N–H and O–H groups in total. The van der Waals surface area contributed by atoms with Crippen LogP contribution in [0.3, 0.4) is 0 Å². The minimum Gasteiger partial charge on any atom is -0.381 e. The zero-order valence-corrected chi connectivity index (χ0v) is 12.9. The number of nitrogens with zero attached hydrogens (tertiary/aromatic N) is 3. The topological polar surface area (TPSA) is 30.3 Å². The summed E-state index contributed by atoms with van der Waals surface area (Å²) < 4.78 is 21.7. The molecule has 0 saturated heterocycles. The molecule has 118 valence electrons. The highest BCUT2D eigenvalue weighted by Gasteiger charge is 2.22. The van der Waals surface area contributed by atoms with Gasteiger partial charge in [0, 0.05) is 50.5 Å². The van der Waals surface area contributed by atoms with E-state index in [1.54, 1.807) is 6.07 Å². The normalized spacial score (nSPS) is 18.9. The zero-order valence-electron chi connectivity index (χ0n) is 12.9. The van der Waals surface area contributed by atoms with Gasteiger partial charge in [-0.15, -0.1) is 0 Å². The van der Waals surface area contributed by atoms with E-state index in [2.05, 4.69) is 14.5 Å². The minimum atomic E-state index is -0.137. The van der Waals surface area contributed by atoms with Crippen LogP contribution in [0.1, 0.15) is 18.2 Å². The Morgan fingerprint density at radius 3 is 3.00 bits per heavy atom. The Morgan fingerprint density at radius 2 is 2.18 bits per heavy atom. The van der Waals surface area contributed by atoms with Crippen LogP contribution in [-0.4, -0.2) is 34.2 Å². The number of hydrogen-bond acceptors (Lipinski definition) is 3. The van der Waals surface area contributed by atoms with Gasteiger partial charge in [-0.2, -0.15) is 0 Å². The maximum absolute atomic E-state index is 13.9. The van der Waals surface area contributed by atoms with Crippen molar-refractivity contribution in [3.63, 3.8) is 0 Å². The van der Waals surface area contributed by atoms with E-state index < -0.39 is 0 Å². The molecule has 1 aromatic carbocycles. The number of hydrogen-bond donors (Lipinski definition) is 0. The molecule has 3 rings (SSSR count). The van der Waals surface area contributed by atoms with Crippen LogP contribution in [0.4, 0.5) is 4.39 Å². The SMILES string of the molecule is CCOC[C@H]1CN(Cc2ccccc2F)Cc2cncn2C1. The molecule has 1 aliphatic heterocycles. The minimum absolute atomic E-state index is 0.137. The highest BCUT2D eigenvalue weighted by Crippen LogP contribution is 2.19. The van der Waals surface area contributed by atoms with Crippen LogP contribution < -0.4 is 0 Å². The number of benzene rings is 1. The number of halogens is 1. The number of aromatic nitrogens is 2. The molecule has 0 aliphatic carbocycles. The first-order valence-corrected chi connectivity index (χ1v) is 7.78. The molecule has 5 heteroatoms. The van der Waals surface area contributed by atoms with Gasteiger partial charge < -0.3 is 9.30 Å². The van der Waals surface area contributed by atoms with Gasteiger partial charge in [-0.05, 0) is 13.0 Å². The number of ether oxygens (including phenoxy) is 1. The van der Waals surface area contributed by atoms with Crippen molar-refractivity contribution < 1.29 is 9.13 Å². The molecule has 0 saturated carbocycles. The largest absolute Gasteiger partial charge is 0.381 e. The van der Waals surface area contributed by atoms with Crippen LogP contribution in [0, 0.1) is 11.7 Å². The molecule has 0 fully saturated rings. The Kier molecular flexibility index (Phi) is 4.85. The summed E-state index contributed by atoms with van der Waals surface area (Å²) in [6.45, 7) is 6.66. The predicted molar refractivity (Wildman–Crippen MR) is 82.7 cm³/mol. The lowest BCUT2D eigenvalue weighted by Crippen LogP contribution is -2.30. The smallest absolute Gasteiger partial charge is 0.127 e. The van der Waals surface area contributed by atoms with E-state index in [-0.39, 0.29) is 5.82 Å². The molecule has 1 aromatic heterocycles. The van der Waals surface area contributed by atoms with Crippen LogP contribution in [0.2, 0.25) is 0 Å². The van der Waals surface area contributed by atoms with Gasteiger partial charge in [0.1, 0.15) is 5.82 Å². The summed E-state index contributed by atoms with van der Waals surface area (Å²) in [6, 6.07) is 7.00. The van der Waals surface area contributed by atoms with Crippen molar-refractivity contribution in [1.82, 2.24) is 14.5 Å². The second-order valence-corrected chi connectivity index (χ2v) is 5.82. The average molecular weight is 303 g/mol. The molecule has 0 unspecified atom stereocenters. The van der Waals surface area contributed by atoms with Gasteiger partial charge in [-0.25, -0.2) is 9.37 Å². The lowest BCUT2D eigenvalue weighted by molar-refractivity contribution is 0.0848. The number of fused-ring (bicyclic) bond motifs is 1. The highest BCUT2D eigenvalue weighted by molar-refractivity contribution is 5.17. The molecule has 4 nitrogen and oxygen atoms in total. The number of rotatable bonds is 5. The van der Waals surface area contributed by atoms with Crippen LogP contribution in [0.25, 0.3) is 0 Å². The van der Waals surface area contributed by atoms with Crippen molar-refractivity contribution in [2.75, 3.05) is 19.8 Å². The molecule has 2 heterocycles. The Hall–Kier alpha value is -1.72. The molecule has 2 aromatic rings. The molecule has 0 amide bonds. The molecular weight excluding hydrogens is 281 g/mol. The van der Waals surface area contributed by atoms with Crippen molar-refractivity contribution in [2.45, 2.75) is 26.6 Å². The van der Waals surface area contributed by atoms with Gasteiger partial charge in [-0.3, -0.25) is 4.90 Å². The molecule has 0 bridgehead atoms. The predicted octanol–water partition coefficient (Wildman–Crippen LogP) is 2.69. The summed E-state index contributed by atoms with van der Waals surface area (Å²) in [6.07, 6.45) is 3.78. The third-order valence-corrected chi connectivity index (χ3v) is 4.06. The molecule has 22 heavy (non-hydrogen) atoms. The first kappa shape index (κ1) is 15.2. The van der Waals surface area contributed by atoms with Gasteiger partial charge in [0.25, 0.3) is 0 Å². The monoisotopic (exact) mass is 303 g/mol. The van der Waals surface area contributed by atoms with Crippen molar-refractivity contribution in [3.05, 3.63) is 53.9 Å². The van der Waals surface area contributed by atoms with E-state index >= 15 is 0 Å². The third kappa shape index (κ3) is 3.54. The Balaban J connectivity index is 1.76. The maximum Gasteiger partial charge on any atom is 0.127 e. The lowest BCUT2D eigenvalue weighted by atomic mass is 10.1. The van der Waals surface area contributed by atoms with Crippen molar-refractivity contribution >= 4 is 0 Å². The van der Waals surface area contributed by atoms with Gasteiger partial charge in [0.15, 0.2) is 0 Å². The van der Waals surface area contributed by atoms with Gasteiger partial charge >= 0.3 is 0 Å². The lowest BCUT2D eigenvalue weighted by Gasteiger charge is -2.24. The van der Waals surface area contributed by atoms with Crippen molar-refractivity contribution in [1.29, 1.82) is 0 Å². The quantitative estimate of drug-likeness (QED) is 0.851. The standard InChI is InChI=1S/C17H22FN3O/c1-2-22-12-14-8-20(10-15-5-3-4-6-17(15)18)11-16-7-19-13-21(16)9-14/h3-7,13-14H,2,8-12H2,1H3/t14-/m0/s1. The molecule has 0 radical (unpaired) electrons. The average Bonchev–Trinajstić information content (AvgIpc) is 2.87. The van der Waals surface area contributed by atoms with Crippen molar-refractivity contribution in [3.8, 4) is 0 Å². The summed E-state index contributed by atoms with van der Waals surface area (Å²) >= 11 is 0. The fourth-order valence-electron chi connectivity index (χ4n) is 3.02. The summed E-state index contributed by atoms with van der Waals surface area (Å²) in [7, 11) is 0. The van der Waals surface area contributed by atoms with Crippen molar-refractivity contribution in [2.24, 2.45) is 5.92 Å². The first-order chi connectivity index (χ1) is 10.8. The summed E-state index contributed by atoms with van der Waals surface area (Å²) in [5.74, 6) is 0.254. The fraction of sp³-hybridized carbons (Fsp3) is 0.471. The second kappa shape index (κ2) is 7.03. The summed E-state index contributed by atoms with van der Waals surface area (Å²) in [5.41, 5.74) is 1.92. The van der Waals surface area contributed by atoms with E-state index in [0.29, 0.717) is 12.5 Å². The van der Waals surface area contributed by atoms with Crippen LogP contribution in [0.5, 0.6) is 0 Å². The highest BCUT2D eigenvalue weighted by atomic mass is 19.1. The maximum atomic E-state index is 13.9. The fourth-order valence-corrected chi connectivity index (χ4v) is 3.02. The van der Waals surface area contributed by atoms with E-state index in [0.717, 1.165) is 38.4 Å². The van der Waals surface area contributed by atoms with Crippen LogP contribution in [-0.2, 0) is 24.4 Å². The van der Waals surface area contributed by atoms with Crippen LogP contribution in [0.15, 0.2) is 36.8 Å². The Bertz CT molecular complexity index is 613. The molecular formula is C17H22FN3O.